The fraction of sp³-hybridized carbons (Fsp3) is 0.875. The predicted octanol–water partition coefficient (Wildman–Crippen LogP) is 4.47. The van der Waals surface area contributed by atoms with Gasteiger partial charge in [0.1, 0.15) is 5.78 Å². The first-order valence-corrected chi connectivity index (χ1v) is 7.52. The number of hydrogen-bond acceptors (Lipinski definition) is 2. The molecular formula is C16H29O2. The second-order valence-electron chi connectivity index (χ2n) is 5.29. The summed E-state index contributed by atoms with van der Waals surface area (Å²) in [5.74, 6) is -0.403. The van der Waals surface area contributed by atoms with Gasteiger partial charge in [-0.05, 0) is 31.1 Å². The van der Waals surface area contributed by atoms with Gasteiger partial charge in [-0.3, -0.25) is 9.59 Å². The van der Waals surface area contributed by atoms with Crippen LogP contribution in [-0.4, -0.2) is 12.1 Å². The van der Waals surface area contributed by atoms with Crippen LogP contribution in [0.15, 0.2) is 0 Å². The Balaban J connectivity index is 4.78. The van der Waals surface area contributed by atoms with Gasteiger partial charge in [-0.2, -0.15) is 0 Å². The Kier molecular flexibility index (Phi) is 8.95. The summed E-state index contributed by atoms with van der Waals surface area (Å²) in [6.45, 7) is 8.41. The average molecular weight is 253 g/mol. The smallest absolute Gasteiger partial charge is 0.210 e. The zero-order chi connectivity index (χ0) is 14.0. The zero-order valence-electron chi connectivity index (χ0n) is 12.6. The lowest BCUT2D eigenvalue weighted by atomic mass is 9.67. The number of ketones is 1. The van der Waals surface area contributed by atoms with Gasteiger partial charge in [-0.15, -0.1) is 0 Å². The van der Waals surface area contributed by atoms with Crippen LogP contribution in [0.1, 0.15) is 79.1 Å². The minimum atomic E-state index is -0.510. The van der Waals surface area contributed by atoms with Crippen molar-refractivity contribution in [3.8, 4) is 0 Å². The molecule has 1 radical (unpaired) electrons. The third-order valence-corrected chi connectivity index (χ3v) is 4.24. The molecule has 2 nitrogen and oxygen atoms in total. The van der Waals surface area contributed by atoms with Gasteiger partial charge >= 0.3 is 0 Å². The lowest BCUT2D eigenvalue weighted by Crippen LogP contribution is -2.36. The number of rotatable bonds is 11. The summed E-state index contributed by atoms with van der Waals surface area (Å²) in [4.78, 5) is 23.5. The topological polar surface area (TPSA) is 34.1 Å². The fourth-order valence-electron chi connectivity index (χ4n) is 2.88. The molecule has 1 atom stereocenters. The quantitative estimate of drug-likeness (QED) is 0.402. The molecule has 0 fully saturated rings. The van der Waals surface area contributed by atoms with E-state index in [1.54, 1.807) is 0 Å². The molecule has 0 aromatic carbocycles. The highest BCUT2D eigenvalue weighted by atomic mass is 16.1. The maximum absolute atomic E-state index is 12.2. The molecule has 0 saturated heterocycles. The first-order valence-electron chi connectivity index (χ1n) is 7.52. The first-order chi connectivity index (χ1) is 8.61. The van der Waals surface area contributed by atoms with Crippen molar-refractivity contribution in [2.45, 2.75) is 79.1 Å². The largest absolute Gasteiger partial charge is 0.299 e. The highest BCUT2D eigenvalue weighted by molar-refractivity contribution is 5.94. The molecule has 0 bridgehead atoms. The van der Waals surface area contributed by atoms with Gasteiger partial charge in [0.2, 0.25) is 6.29 Å². The second kappa shape index (κ2) is 9.29. The van der Waals surface area contributed by atoms with E-state index in [-0.39, 0.29) is 11.2 Å². The van der Waals surface area contributed by atoms with Crippen molar-refractivity contribution < 1.29 is 9.59 Å². The van der Waals surface area contributed by atoms with E-state index in [1.807, 2.05) is 0 Å². The van der Waals surface area contributed by atoms with E-state index in [1.165, 1.54) is 0 Å². The summed E-state index contributed by atoms with van der Waals surface area (Å²) in [6.07, 6.45) is 9.40. The Morgan fingerprint density at radius 2 is 1.67 bits per heavy atom. The summed E-state index contributed by atoms with van der Waals surface area (Å²) in [6, 6.07) is 0. The van der Waals surface area contributed by atoms with Gasteiger partial charge in [0.25, 0.3) is 0 Å². The van der Waals surface area contributed by atoms with Gasteiger partial charge in [-0.1, -0.05) is 47.0 Å². The molecular weight excluding hydrogens is 224 g/mol. The monoisotopic (exact) mass is 253 g/mol. The van der Waals surface area contributed by atoms with Crippen molar-refractivity contribution >= 4 is 12.1 Å². The van der Waals surface area contributed by atoms with Crippen molar-refractivity contribution in [1.82, 2.24) is 0 Å². The molecule has 2 heteroatoms. The third-order valence-electron chi connectivity index (χ3n) is 4.24. The van der Waals surface area contributed by atoms with Gasteiger partial charge in [-0.25, -0.2) is 0 Å². The molecule has 0 aromatic rings. The van der Waals surface area contributed by atoms with Crippen molar-refractivity contribution in [3.63, 3.8) is 0 Å². The molecule has 0 N–H and O–H groups in total. The van der Waals surface area contributed by atoms with E-state index >= 15 is 0 Å². The number of carbonyl (C=O) groups excluding carboxylic acids is 2. The molecule has 0 spiro atoms. The van der Waals surface area contributed by atoms with Crippen LogP contribution in [0.25, 0.3) is 0 Å². The van der Waals surface area contributed by atoms with E-state index in [4.69, 9.17) is 0 Å². The van der Waals surface area contributed by atoms with Crippen LogP contribution >= 0.6 is 0 Å². The maximum atomic E-state index is 12.2. The van der Waals surface area contributed by atoms with Crippen LogP contribution in [-0.2, 0) is 9.59 Å². The highest BCUT2D eigenvalue weighted by Crippen LogP contribution is 2.40. The molecule has 0 aliphatic carbocycles. The van der Waals surface area contributed by atoms with Crippen molar-refractivity contribution in [2.75, 3.05) is 0 Å². The molecule has 0 aliphatic rings. The van der Waals surface area contributed by atoms with Crippen molar-refractivity contribution in [3.05, 3.63) is 0 Å². The summed E-state index contributed by atoms with van der Waals surface area (Å²) >= 11 is 0. The summed E-state index contributed by atoms with van der Waals surface area (Å²) in [5, 5.41) is 0. The molecule has 105 valence electrons. The van der Waals surface area contributed by atoms with E-state index in [2.05, 4.69) is 34.0 Å². The highest BCUT2D eigenvalue weighted by Gasteiger charge is 2.39. The Labute approximate surface area is 113 Å². The zero-order valence-corrected chi connectivity index (χ0v) is 12.6. The standard InChI is InChI=1S/C16H29O2/c1-5-9-10-11-15(18)14(13-17)16(7-3,8-4)12-6-2/h14H,5-12H2,1-4H3. The van der Waals surface area contributed by atoms with Crippen LogP contribution in [0.2, 0.25) is 0 Å². The van der Waals surface area contributed by atoms with Crippen LogP contribution in [0.3, 0.4) is 0 Å². The number of hydrogen-bond donors (Lipinski definition) is 0. The molecule has 18 heavy (non-hydrogen) atoms. The molecule has 0 amide bonds. The summed E-state index contributed by atoms with van der Waals surface area (Å²) < 4.78 is 0. The molecule has 0 saturated carbocycles. The number of unbranched alkanes of at least 4 members (excludes halogenated alkanes) is 2. The van der Waals surface area contributed by atoms with Crippen molar-refractivity contribution in [1.29, 1.82) is 0 Å². The van der Waals surface area contributed by atoms with E-state index < -0.39 is 5.92 Å². The summed E-state index contributed by atoms with van der Waals surface area (Å²) in [7, 11) is 0. The Morgan fingerprint density at radius 3 is 2.06 bits per heavy atom. The SMILES string of the molecule is CCCCCC(=O)C([C]=O)C(CC)(CC)CCC. The first kappa shape index (κ1) is 17.3. The fourth-order valence-corrected chi connectivity index (χ4v) is 2.88. The van der Waals surface area contributed by atoms with Crippen molar-refractivity contribution in [2.24, 2.45) is 11.3 Å². The van der Waals surface area contributed by atoms with Crippen LogP contribution in [0.5, 0.6) is 0 Å². The minimum absolute atomic E-state index is 0.107. The maximum Gasteiger partial charge on any atom is 0.210 e. The van der Waals surface area contributed by atoms with Gasteiger partial charge in [0.15, 0.2) is 0 Å². The Bertz CT molecular complexity index is 241. The van der Waals surface area contributed by atoms with Gasteiger partial charge in [0.05, 0.1) is 5.92 Å². The second-order valence-corrected chi connectivity index (χ2v) is 5.29. The minimum Gasteiger partial charge on any atom is -0.299 e. The van der Waals surface area contributed by atoms with E-state index in [9.17, 15) is 9.59 Å². The third kappa shape index (κ3) is 4.55. The van der Waals surface area contributed by atoms with Crippen LogP contribution < -0.4 is 0 Å². The Hall–Kier alpha value is -0.660. The van der Waals surface area contributed by atoms with Crippen LogP contribution in [0.4, 0.5) is 0 Å². The molecule has 0 heterocycles. The average Bonchev–Trinajstić information content (AvgIpc) is 2.38. The lowest BCUT2D eigenvalue weighted by Gasteiger charge is -2.35. The number of carbonyl (C=O) groups is 1. The number of Topliss-reactive ketones (excluding diaryl/α,β-unsaturated/α-hetero) is 1. The van der Waals surface area contributed by atoms with E-state index in [0.717, 1.165) is 44.9 Å². The lowest BCUT2D eigenvalue weighted by molar-refractivity contribution is -0.124. The molecule has 0 aromatic heterocycles. The van der Waals surface area contributed by atoms with Gasteiger partial charge < -0.3 is 0 Å². The molecule has 1 unspecified atom stereocenters. The summed E-state index contributed by atoms with van der Waals surface area (Å²) in [5.41, 5.74) is -0.153. The predicted molar refractivity (Wildman–Crippen MR) is 76.3 cm³/mol. The Morgan fingerprint density at radius 1 is 1.06 bits per heavy atom. The normalized spacial score (nSPS) is 13.3. The molecule has 0 aliphatic heterocycles. The van der Waals surface area contributed by atoms with Crippen LogP contribution in [0, 0.1) is 11.3 Å². The van der Waals surface area contributed by atoms with Gasteiger partial charge in [0, 0.05) is 6.42 Å². The molecule has 0 rings (SSSR count). The van der Waals surface area contributed by atoms with E-state index in [0.29, 0.717) is 6.42 Å².